The zero-order chi connectivity index (χ0) is 14.7. The Bertz CT molecular complexity index is 574. The van der Waals surface area contributed by atoms with E-state index >= 15 is 0 Å². The van der Waals surface area contributed by atoms with Crippen LogP contribution in [0.4, 0.5) is 0 Å². The number of aromatic nitrogens is 2. The zero-order valence-corrected chi connectivity index (χ0v) is 12.8. The minimum atomic E-state index is -0.490. The zero-order valence-electron chi connectivity index (χ0n) is 12.8. The smallest absolute Gasteiger partial charge is 0.0848 e. The third-order valence-corrected chi connectivity index (χ3v) is 3.89. The number of aliphatic hydroxyl groups excluding tert-OH is 1. The molecule has 1 aromatic carbocycles. The van der Waals surface area contributed by atoms with Gasteiger partial charge in [0, 0.05) is 18.7 Å². The average molecular weight is 272 g/mol. The predicted octanol–water partition coefficient (Wildman–Crippen LogP) is 3.75. The van der Waals surface area contributed by atoms with Crippen LogP contribution in [0.5, 0.6) is 0 Å². The summed E-state index contributed by atoms with van der Waals surface area (Å²) in [5, 5.41) is 15.0. The van der Waals surface area contributed by atoms with Crippen molar-refractivity contribution in [2.45, 2.75) is 52.7 Å². The Balaban J connectivity index is 2.11. The summed E-state index contributed by atoms with van der Waals surface area (Å²) in [6.07, 6.45) is 3.13. The molecule has 108 valence electrons. The van der Waals surface area contributed by atoms with Crippen LogP contribution in [0, 0.1) is 13.8 Å². The van der Waals surface area contributed by atoms with Gasteiger partial charge in [-0.15, -0.1) is 0 Å². The number of hydrogen-bond acceptors (Lipinski definition) is 2. The SMILES string of the molecule is CCC(C)n1ccc(CC(O)c2ccc(C)cc2C)n1. The van der Waals surface area contributed by atoms with Crippen LogP contribution < -0.4 is 0 Å². The highest BCUT2D eigenvalue weighted by molar-refractivity contribution is 5.32. The molecule has 2 aromatic rings. The van der Waals surface area contributed by atoms with E-state index in [1.165, 1.54) is 5.56 Å². The fourth-order valence-electron chi connectivity index (χ4n) is 2.43. The van der Waals surface area contributed by atoms with E-state index in [4.69, 9.17) is 0 Å². The molecule has 2 unspecified atom stereocenters. The summed E-state index contributed by atoms with van der Waals surface area (Å²) >= 11 is 0. The van der Waals surface area contributed by atoms with E-state index in [0.29, 0.717) is 12.5 Å². The highest BCUT2D eigenvalue weighted by Crippen LogP contribution is 2.22. The van der Waals surface area contributed by atoms with Gasteiger partial charge in [0.15, 0.2) is 0 Å². The van der Waals surface area contributed by atoms with Crippen molar-refractivity contribution in [3.63, 3.8) is 0 Å². The fraction of sp³-hybridized carbons (Fsp3) is 0.471. The van der Waals surface area contributed by atoms with E-state index in [1.54, 1.807) is 0 Å². The Morgan fingerprint density at radius 1 is 1.25 bits per heavy atom. The summed E-state index contributed by atoms with van der Waals surface area (Å²) in [6, 6.07) is 8.57. The van der Waals surface area contributed by atoms with Gasteiger partial charge in [0.25, 0.3) is 0 Å². The van der Waals surface area contributed by atoms with Crippen molar-refractivity contribution in [3.05, 3.63) is 52.8 Å². The van der Waals surface area contributed by atoms with Gasteiger partial charge >= 0.3 is 0 Å². The molecule has 0 bridgehead atoms. The Hall–Kier alpha value is -1.61. The van der Waals surface area contributed by atoms with E-state index in [2.05, 4.69) is 31.9 Å². The summed E-state index contributed by atoms with van der Waals surface area (Å²) in [7, 11) is 0. The third kappa shape index (κ3) is 3.28. The second-order valence-corrected chi connectivity index (χ2v) is 5.62. The highest BCUT2D eigenvalue weighted by atomic mass is 16.3. The molecule has 3 heteroatoms. The quantitative estimate of drug-likeness (QED) is 0.900. The summed E-state index contributed by atoms with van der Waals surface area (Å²) in [5.41, 5.74) is 4.30. The van der Waals surface area contributed by atoms with Crippen LogP contribution in [0.3, 0.4) is 0 Å². The van der Waals surface area contributed by atoms with E-state index < -0.39 is 6.10 Å². The molecule has 0 fully saturated rings. The summed E-state index contributed by atoms with van der Waals surface area (Å²) < 4.78 is 1.98. The molecule has 1 aromatic heterocycles. The molecule has 2 atom stereocenters. The lowest BCUT2D eigenvalue weighted by atomic mass is 9.98. The third-order valence-electron chi connectivity index (χ3n) is 3.89. The van der Waals surface area contributed by atoms with Crippen LogP contribution >= 0.6 is 0 Å². The first-order valence-corrected chi connectivity index (χ1v) is 7.30. The van der Waals surface area contributed by atoms with Crippen LogP contribution in [0.1, 0.15) is 54.8 Å². The number of rotatable bonds is 5. The van der Waals surface area contributed by atoms with Gasteiger partial charge in [-0.05, 0) is 44.4 Å². The molecular formula is C17H24N2O. The van der Waals surface area contributed by atoms with Crippen LogP contribution in [-0.2, 0) is 6.42 Å². The first-order valence-electron chi connectivity index (χ1n) is 7.30. The van der Waals surface area contributed by atoms with Crippen molar-refractivity contribution in [2.75, 3.05) is 0 Å². The molecule has 1 heterocycles. The summed E-state index contributed by atoms with van der Waals surface area (Å²) in [4.78, 5) is 0. The van der Waals surface area contributed by atoms with Gasteiger partial charge in [0.05, 0.1) is 11.8 Å². The largest absolute Gasteiger partial charge is 0.388 e. The van der Waals surface area contributed by atoms with Crippen molar-refractivity contribution in [3.8, 4) is 0 Å². The molecule has 0 aliphatic carbocycles. The lowest BCUT2D eigenvalue weighted by Crippen LogP contribution is -2.07. The van der Waals surface area contributed by atoms with Gasteiger partial charge in [-0.2, -0.15) is 5.10 Å². The molecule has 0 saturated heterocycles. The fourth-order valence-corrected chi connectivity index (χ4v) is 2.43. The van der Waals surface area contributed by atoms with Gasteiger partial charge in [-0.25, -0.2) is 0 Å². The van der Waals surface area contributed by atoms with Crippen molar-refractivity contribution in [2.24, 2.45) is 0 Å². The maximum absolute atomic E-state index is 10.4. The number of hydrogen-bond donors (Lipinski definition) is 1. The van der Waals surface area contributed by atoms with Gasteiger partial charge in [-0.3, -0.25) is 4.68 Å². The van der Waals surface area contributed by atoms with E-state index in [0.717, 1.165) is 23.2 Å². The number of nitrogens with zero attached hydrogens (tertiary/aromatic N) is 2. The van der Waals surface area contributed by atoms with E-state index in [9.17, 15) is 5.11 Å². The Kier molecular flexibility index (Phi) is 4.61. The monoisotopic (exact) mass is 272 g/mol. The Labute approximate surface area is 121 Å². The first kappa shape index (κ1) is 14.8. The number of aliphatic hydroxyl groups is 1. The van der Waals surface area contributed by atoms with Crippen LogP contribution in [0.15, 0.2) is 30.5 Å². The molecule has 0 aliphatic heterocycles. The van der Waals surface area contributed by atoms with Crippen LogP contribution in [0.2, 0.25) is 0 Å². The van der Waals surface area contributed by atoms with Gasteiger partial charge in [0.2, 0.25) is 0 Å². The van der Waals surface area contributed by atoms with E-state index in [-0.39, 0.29) is 0 Å². The molecule has 0 spiro atoms. The van der Waals surface area contributed by atoms with Crippen LogP contribution in [0.25, 0.3) is 0 Å². The van der Waals surface area contributed by atoms with Crippen molar-refractivity contribution < 1.29 is 5.11 Å². The second kappa shape index (κ2) is 6.23. The lowest BCUT2D eigenvalue weighted by Gasteiger charge is -2.13. The highest BCUT2D eigenvalue weighted by Gasteiger charge is 2.13. The minimum Gasteiger partial charge on any atom is -0.388 e. The predicted molar refractivity (Wildman–Crippen MR) is 81.8 cm³/mol. The molecule has 20 heavy (non-hydrogen) atoms. The van der Waals surface area contributed by atoms with Gasteiger partial charge in [-0.1, -0.05) is 30.7 Å². The molecule has 0 amide bonds. The maximum Gasteiger partial charge on any atom is 0.0848 e. The molecule has 2 rings (SSSR count). The summed E-state index contributed by atoms with van der Waals surface area (Å²) in [6.45, 7) is 8.41. The lowest BCUT2D eigenvalue weighted by molar-refractivity contribution is 0.176. The van der Waals surface area contributed by atoms with E-state index in [1.807, 2.05) is 36.0 Å². The molecule has 3 nitrogen and oxygen atoms in total. The molecular weight excluding hydrogens is 248 g/mol. The normalized spacial score (nSPS) is 14.2. The molecule has 0 saturated carbocycles. The maximum atomic E-state index is 10.4. The molecule has 0 aliphatic rings. The number of benzene rings is 1. The van der Waals surface area contributed by atoms with Crippen LogP contribution in [-0.4, -0.2) is 14.9 Å². The molecule has 0 radical (unpaired) electrons. The van der Waals surface area contributed by atoms with Crippen molar-refractivity contribution in [1.82, 2.24) is 9.78 Å². The van der Waals surface area contributed by atoms with Crippen molar-refractivity contribution >= 4 is 0 Å². The minimum absolute atomic E-state index is 0.405. The number of aryl methyl sites for hydroxylation is 2. The second-order valence-electron chi connectivity index (χ2n) is 5.62. The topological polar surface area (TPSA) is 38.0 Å². The Morgan fingerprint density at radius 3 is 2.65 bits per heavy atom. The molecule has 1 N–H and O–H groups in total. The van der Waals surface area contributed by atoms with Gasteiger partial charge in [0.1, 0.15) is 0 Å². The summed E-state index contributed by atoms with van der Waals surface area (Å²) in [5.74, 6) is 0. The standard InChI is InChI=1S/C17H24N2O/c1-5-14(4)19-9-8-15(18-19)11-17(20)16-7-6-12(2)10-13(16)3/h6-10,14,17,20H,5,11H2,1-4H3. The Morgan fingerprint density at radius 2 is 2.00 bits per heavy atom. The van der Waals surface area contributed by atoms with Crippen molar-refractivity contribution in [1.29, 1.82) is 0 Å². The average Bonchev–Trinajstić information content (AvgIpc) is 2.86. The first-order chi connectivity index (χ1) is 9.51. The van der Waals surface area contributed by atoms with Gasteiger partial charge < -0.3 is 5.11 Å².